The van der Waals surface area contributed by atoms with Gasteiger partial charge in [-0.15, -0.1) is 0 Å². The molecule has 0 spiro atoms. The molecule has 0 aromatic carbocycles. The lowest BCUT2D eigenvalue weighted by molar-refractivity contribution is 0.0694. The molecule has 13 heavy (non-hydrogen) atoms. The van der Waals surface area contributed by atoms with Crippen LogP contribution in [0, 0.1) is 0 Å². The number of aryl methyl sites for hydroxylation is 1. The van der Waals surface area contributed by atoms with E-state index >= 15 is 0 Å². The number of carboxylic acid groups (broad SMARTS) is 1. The molecular weight excluding hydrogens is 170 g/mol. The maximum absolute atomic E-state index is 11.2. The number of aromatic amines is 1. The average Bonchev–Trinajstić information content (AvgIpc) is 2.50. The number of rotatable bonds is 1. The highest BCUT2D eigenvalue weighted by molar-refractivity contribution is 5.89. The fraction of sp³-hybridized carbons (Fsp3) is 0.333. The Morgan fingerprint density at radius 2 is 2.23 bits per heavy atom. The van der Waals surface area contributed by atoms with E-state index in [0.717, 1.165) is 24.0 Å². The van der Waals surface area contributed by atoms with E-state index in [0.29, 0.717) is 6.42 Å². The highest BCUT2D eigenvalue weighted by Gasteiger charge is 2.21. The summed E-state index contributed by atoms with van der Waals surface area (Å²) in [6.07, 6.45) is 4.14. The molecule has 0 saturated carbocycles. The smallest absolute Gasteiger partial charge is 0.341 e. The van der Waals surface area contributed by atoms with Crippen molar-refractivity contribution in [3.63, 3.8) is 0 Å². The molecule has 1 aliphatic rings. The Balaban J connectivity index is 2.72. The summed E-state index contributed by atoms with van der Waals surface area (Å²) in [6.45, 7) is 0. The summed E-state index contributed by atoms with van der Waals surface area (Å²) in [4.78, 5) is 24.4. The number of pyridine rings is 1. The number of aromatic carboxylic acids is 1. The number of fused-ring (bicyclic) bond motifs is 1. The summed E-state index contributed by atoms with van der Waals surface area (Å²) in [7, 11) is 0. The van der Waals surface area contributed by atoms with Crippen LogP contribution in [-0.2, 0) is 12.8 Å². The van der Waals surface area contributed by atoms with Crippen molar-refractivity contribution in [1.29, 1.82) is 0 Å². The van der Waals surface area contributed by atoms with Gasteiger partial charge in [0.25, 0.3) is 5.56 Å². The summed E-state index contributed by atoms with van der Waals surface area (Å²) < 4.78 is 0. The summed E-state index contributed by atoms with van der Waals surface area (Å²) >= 11 is 0. The van der Waals surface area contributed by atoms with E-state index in [1.165, 1.54) is 0 Å². The van der Waals surface area contributed by atoms with Crippen molar-refractivity contribution in [3.8, 4) is 0 Å². The summed E-state index contributed by atoms with van der Waals surface area (Å²) in [5, 5.41) is 8.81. The molecule has 1 aromatic heterocycles. The highest BCUT2D eigenvalue weighted by atomic mass is 16.4. The Labute approximate surface area is 74.2 Å². The first-order chi connectivity index (χ1) is 6.20. The number of H-pyrrole nitrogens is 1. The number of carbonyl (C=O) groups is 1. The van der Waals surface area contributed by atoms with Crippen molar-refractivity contribution in [1.82, 2.24) is 4.98 Å². The topological polar surface area (TPSA) is 70.2 Å². The fourth-order valence-corrected chi connectivity index (χ4v) is 1.80. The van der Waals surface area contributed by atoms with E-state index in [-0.39, 0.29) is 5.56 Å². The first-order valence-electron chi connectivity index (χ1n) is 4.17. The van der Waals surface area contributed by atoms with Gasteiger partial charge in [0.15, 0.2) is 0 Å². The van der Waals surface area contributed by atoms with Gasteiger partial charge < -0.3 is 10.1 Å². The number of carboxylic acids is 1. The minimum Gasteiger partial charge on any atom is -0.477 e. The Kier molecular flexibility index (Phi) is 1.69. The molecule has 0 amide bonds. The van der Waals surface area contributed by atoms with E-state index in [9.17, 15) is 9.59 Å². The maximum atomic E-state index is 11.2. The van der Waals surface area contributed by atoms with Crippen LogP contribution in [0.1, 0.15) is 27.9 Å². The van der Waals surface area contributed by atoms with Crippen LogP contribution in [0.25, 0.3) is 0 Å². The van der Waals surface area contributed by atoms with Gasteiger partial charge in [-0.2, -0.15) is 0 Å². The van der Waals surface area contributed by atoms with Gasteiger partial charge in [-0.3, -0.25) is 4.79 Å². The molecule has 0 unspecified atom stereocenters. The Hall–Kier alpha value is -1.58. The Bertz CT molecular complexity index is 419. The fourth-order valence-electron chi connectivity index (χ4n) is 1.80. The zero-order valence-corrected chi connectivity index (χ0v) is 6.96. The SMILES string of the molecule is O=C(O)c1c2c(c[nH]c1=O)CCC2. The number of nitrogens with one attached hydrogen (secondary N) is 1. The van der Waals surface area contributed by atoms with Gasteiger partial charge in [-0.1, -0.05) is 0 Å². The van der Waals surface area contributed by atoms with Crippen molar-refractivity contribution in [2.45, 2.75) is 19.3 Å². The molecule has 68 valence electrons. The van der Waals surface area contributed by atoms with Gasteiger partial charge in [-0.25, -0.2) is 4.79 Å². The second-order valence-electron chi connectivity index (χ2n) is 3.16. The first kappa shape index (κ1) is 8.04. The van der Waals surface area contributed by atoms with E-state index in [2.05, 4.69) is 4.98 Å². The predicted molar refractivity (Wildman–Crippen MR) is 46.0 cm³/mol. The zero-order chi connectivity index (χ0) is 9.42. The molecule has 0 aliphatic heterocycles. The van der Waals surface area contributed by atoms with Crippen LogP contribution in [0.4, 0.5) is 0 Å². The molecule has 1 heterocycles. The van der Waals surface area contributed by atoms with E-state index < -0.39 is 11.5 Å². The monoisotopic (exact) mass is 179 g/mol. The van der Waals surface area contributed by atoms with Crippen molar-refractivity contribution in [3.05, 3.63) is 33.2 Å². The molecule has 1 aromatic rings. The van der Waals surface area contributed by atoms with Crippen molar-refractivity contribution < 1.29 is 9.90 Å². The third kappa shape index (κ3) is 1.14. The average molecular weight is 179 g/mol. The third-order valence-corrected chi connectivity index (χ3v) is 2.38. The normalized spacial score (nSPS) is 14.2. The van der Waals surface area contributed by atoms with Crippen molar-refractivity contribution >= 4 is 5.97 Å². The number of hydrogen-bond donors (Lipinski definition) is 2. The lowest BCUT2D eigenvalue weighted by atomic mass is 10.1. The molecule has 0 atom stereocenters. The van der Waals surface area contributed by atoms with Crippen molar-refractivity contribution in [2.24, 2.45) is 0 Å². The van der Waals surface area contributed by atoms with Gasteiger partial charge in [-0.05, 0) is 30.4 Å². The second kappa shape index (κ2) is 2.73. The lowest BCUT2D eigenvalue weighted by Gasteiger charge is -2.01. The van der Waals surface area contributed by atoms with Gasteiger partial charge >= 0.3 is 5.97 Å². The first-order valence-corrected chi connectivity index (χ1v) is 4.17. The molecule has 2 rings (SSSR count). The molecule has 2 N–H and O–H groups in total. The van der Waals surface area contributed by atoms with Gasteiger partial charge in [0.2, 0.25) is 0 Å². The molecule has 0 fully saturated rings. The molecule has 0 saturated heterocycles. The predicted octanol–water partition coefficient (Wildman–Crippen LogP) is 0.562. The van der Waals surface area contributed by atoms with E-state index in [4.69, 9.17) is 5.11 Å². The van der Waals surface area contributed by atoms with Crippen molar-refractivity contribution in [2.75, 3.05) is 0 Å². The summed E-state index contributed by atoms with van der Waals surface area (Å²) in [5.41, 5.74) is 1.12. The van der Waals surface area contributed by atoms with Crippen LogP contribution >= 0.6 is 0 Å². The van der Waals surface area contributed by atoms with Gasteiger partial charge in [0, 0.05) is 6.20 Å². The van der Waals surface area contributed by atoms with Crippen LogP contribution in [-0.4, -0.2) is 16.1 Å². The minimum absolute atomic E-state index is 0.0741. The Morgan fingerprint density at radius 1 is 1.46 bits per heavy atom. The van der Waals surface area contributed by atoms with Gasteiger partial charge in [0.1, 0.15) is 5.56 Å². The summed E-state index contributed by atoms with van der Waals surface area (Å²) in [6, 6.07) is 0. The summed E-state index contributed by atoms with van der Waals surface area (Å²) in [5.74, 6) is -1.12. The molecular formula is C9H9NO3. The number of aromatic nitrogens is 1. The lowest BCUT2D eigenvalue weighted by Crippen LogP contribution is -2.20. The third-order valence-electron chi connectivity index (χ3n) is 2.38. The second-order valence-corrected chi connectivity index (χ2v) is 3.16. The van der Waals surface area contributed by atoms with Crippen LogP contribution in [0.3, 0.4) is 0 Å². The van der Waals surface area contributed by atoms with E-state index in [1.807, 2.05) is 0 Å². The van der Waals surface area contributed by atoms with Crippen LogP contribution < -0.4 is 5.56 Å². The quantitative estimate of drug-likeness (QED) is 0.661. The van der Waals surface area contributed by atoms with Gasteiger partial charge in [0.05, 0.1) is 0 Å². The van der Waals surface area contributed by atoms with Crippen LogP contribution in [0.2, 0.25) is 0 Å². The molecule has 0 bridgehead atoms. The highest BCUT2D eigenvalue weighted by Crippen LogP contribution is 2.22. The largest absolute Gasteiger partial charge is 0.477 e. The van der Waals surface area contributed by atoms with E-state index in [1.54, 1.807) is 6.20 Å². The van der Waals surface area contributed by atoms with Crippen LogP contribution in [0.5, 0.6) is 0 Å². The van der Waals surface area contributed by atoms with Crippen LogP contribution in [0.15, 0.2) is 11.0 Å². The zero-order valence-electron chi connectivity index (χ0n) is 6.96. The molecule has 1 aliphatic carbocycles. The Morgan fingerprint density at radius 3 is 2.92 bits per heavy atom. The molecule has 4 nitrogen and oxygen atoms in total. The molecule has 0 radical (unpaired) electrons. The maximum Gasteiger partial charge on any atom is 0.341 e. The minimum atomic E-state index is -1.12. The standard InChI is InChI=1S/C9H9NO3/c11-8-7(9(12)13)6-3-1-2-5(6)4-10-8/h4H,1-3H2,(H,10,11)(H,12,13). The number of hydrogen-bond acceptors (Lipinski definition) is 2. The molecule has 4 heteroatoms.